The Morgan fingerprint density at radius 2 is 1.00 bits per heavy atom. The molecule has 0 aliphatic heterocycles. The van der Waals surface area contributed by atoms with E-state index in [4.69, 9.17) is 10.5 Å². The molecule has 0 rings (SSSR count). The second kappa shape index (κ2) is 27.4. The average molecular weight is 130 g/mol. The fraction of sp³-hybridized carbons (Fsp3) is 0. The average Bonchev–Trinajstić information content (AvgIpc) is 1.00. The molecule has 0 atom stereocenters. The monoisotopic (exact) mass is 130 g/mol. The summed E-state index contributed by atoms with van der Waals surface area (Å²) in [6.45, 7) is 0. The standard InChI is InChI=1S/FH.2K.H2O2/c;;;1-2/h1H;;;1-2H/q;2*+1;/p-2. The Kier molecular flexibility index (Phi) is 133. The Hall–Kier alpha value is 3.12. The molecular weight excluding hydrogens is 129 g/mol. The van der Waals surface area contributed by atoms with Crippen LogP contribution in [0.5, 0.6) is 0 Å². The van der Waals surface area contributed by atoms with Gasteiger partial charge in [-0.1, -0.05) is 0 Å². The third kappa shape index (κ3) is 19.2. The first-order chi connectivity index (χ1) is 1.00. The van der Waals surface area contributed by atoms with Gasteiger partial charge in [0.25, 0.3) is 0 Å². The SMILES string of the molecule is [F-].[K+].[K+].[O-]O. The van der Waals surface area contributed by atoms with Crippen LogP contribution in [0.4, 0.5) is 0 Å². The maximum atomic E-state index is 7.25. The molecule has 5 heteroatoms. The number of halogens is 1. The van der Waals surface area contributed by atoms with Crippen molar-refractivity contribution in [2.45, 2.75) is 0 Å². The molecule has 0 amide bonds. The summed E-state index contributed by atoms with van der Waals surface area (Å²) >= 11 is 0. The largest absolute Gasteiger partial charge is 1.00 e. The molecule has 0 unspecified atom stereocenters. The van der Waals surface area contributed by atoms with Crippen LogP contribution in [0, 0.1) is 0 Å². The Balaban J connectivity index is -0.00000000167. The predicted molar refractivity (Wildman–Crippen MR) is 2.63 cm³/mol. The van der Waals surface area contributed by atoms with E-state index in [-0.39, 0.29) is 107 Å². The van der Waals surface area contributed by atoms with Crippen molar-refractivity contribution in [3.63, 3.8) is 0 Å². The quantitative estimate of drug-likeness (QED) is 0.201. The molecule has 0 radical (unpaired) electrons. The van der Waals surface area contributed by atoms with E-state index in [0.717, 1.165) is 0 Å². The van der Waals surface area contributed by atoms with Crippen molar-refractivity contribution < 1.29 is 118 Å². The van der Waals surface area contributed by atoms with Crippen molar-refractivity contribution in [3.8, 4) is 0 Å². The Morgan fingerprint density at radius 1 is 1.00 bits per heavy atom. The minimum Gasteiger partial charge on any atom is -1.00 e. The van der Waals surface area contributed by atoms with Crippen molar-refractivity contribution in [3.05, 3.63) is 0 Å². The summed E-state index contributed by atoms with van der Waals surface area (Å²) in [5.41, 5.74) is 0. The molecule has 0 fully saturated rings. The number of hydrogen-bond acceptors (Lipinski definition) is 2. The van der Waals surface area contributed by atoms with Gasteiger partial charge in [-0.3, -0.25) is 0 Å². The van der Waals surface area contributed by atoms with Gasteiger partial charge in [-0.15, -0.1) is 0 Å². The molecule has 0 aromatic heterocycles. The van der Waals surface area contributed by atoms with E-state index in [9.17, 15) is 0 Å². The molecule has 0 aromatic carbocycles. The molecule has 0 saturated carbocycles. The van der Waals surface area contributed by atoms with Gasteiger partial charge in [0.05, 0.1) is 0 Å². The van der Waals surface area contributed by atoms with Gasteiger partial charge in [-0.05, 0) is 0 Å². The van der Waals surface area contributed by atoms with Crippen molar-refractivity contribution in [2.75, 3.05) is 0 Å². The second-order valence-electron chi connectivity index (χ2n) is 0. The van der Waals surface area contributed by atoms with E-state index < -0.39 is 0 Å². The van der Waals surface area contributed by atoms with Crippen LogP contribution < -0.4 is 113 Å². The summed E-state index contributed by atoms with van der Waals surface area (Å²) in [6.07, 6.45) is 0. The third-order valence-corrected chi connectivity index (χ3v) is 0. The summed E-state index contributed by atoms with van der Waals surface area (Å²) in [5, 5.41) is 13.0. The van der Waals surface area contributed by atoms with Crippen molar-refractivity contribution >= 4 is 0 Å². The minimum absolute atomic E-state index is 0. The fourth-order valence-corrected chi connectivity index (χ4v) is 0. The van der Waals surface area contributed by atoms with Gasteiger partial charge in [0.15, 0.2) is 0 Å². The first-order valence-electron chi connectivity index (χ1n) is 0.183. The van der Waals surface area contributed by atoms with Gasteiger partial charge >= 0.3 is 103 Å². The summed E-state index contributed by atoms with van der Waals surface area (Å²) in [6, 6.07) is 0. The first kappa shape index (κ1) is 24.2. The van der Waals surface area contributed by atoms with Crippen LogP contribution in [0.3, 0.4) is 0 Å². The summed E-state index contributed by atoms with van der Waals surface area (Å²) < 4.78 is 0. The van der Waals surface area contributed by atoms with Crippen molar-refractivity contribution in [1.29, 1.82) is 0 Å². The van der Waals surface area contributed by atoms with Crippen LogP contribution in [-0.4, -0.2) is 5.26 Å². The Labute approximate surface area is 114 Å². The maximum Gasteiger partial charge on any atom is 1.00 e. The predicted octanol–water partition coefficient (Wildman–Crippen LogP) is -10.2. The van der Waals surface area contributed by atoms with Crippen LogP contribution in [-0.2, 0) is 0 Å². The van der Waals surface area contributed by atoms with E-state index in [1.165, 1.54) is 0 Å². The van der Waals surface area contributed by atoms with E-state index >= 15 is 0 Å². The summed E-state index contributed by atoms with van der Waals surface area (Å²) in [7, 11) is 0. The Morgan fingerprint density at radius 3 is 1.00 bits per heavy atom. The summed E-state index contributed by atoms with van der Waals surface area (Å²) in [5.74, 6) is 0. The van der Waals surface area contributed by atoms with Gasteiger partial charge in [0.2, 0.25) is 0 Å². The van der Waals surface area contributed by atoms with Crippen LogP contribution >= 0.6 is 0 Å². The maximum absolute atomic E-state index is 7.25. The molecule has 0 aliphatic rings. The zero-order valence-electron chi connectivity index (χ0n) is 3.23. The minimum atomic E-state index is 0. The van der Waals surface area contributed by atoms with Gasteiger partial charge in [0, 0.05) is 0 Å². The summed E-state index contributed by atoms with van der Waals surface area (Å²) in [4.78, 5) is 0. The molecule has 0 saturated heterocycles. The number of rotatable bonds is 0. The molecule has 1 N–H and O–H groups in total. The van der Waals surface area contributed by atoms with Gasteiger partial charge < -0.3 is 15.2 Å². The zero-order valence-corrected chi connectivity index (χ0v) is 9.48. The third-order valence-electron chi connectivity index (χ3n) is 0. The molecule has 0 spiro atoms. The van der Waals surface area contributed by atoms with Crippen molar-refractivity contribution in [1.82, 2.24) is 0 Å². The van der Waals surface area contributed by atoms with E-state index in [1.807, 2.05) is 0 Å². The first-order valence-corrected chi connectivity index (χ1v) is 0.183. The van der Waals surface area contributed by atoms with E-state index in [1.54, 1.807) is 0 Å². The smallest absolute Gasteiger partial charge is 1.00 e. The molecule has 22 valence electrons. The van der Waals surface area contributed by atoms with Crippen LogP contribution in [0.2, 0.25) is 0 Å². The van der Waals surface area contributed by atoms with Crippen molar-refractivity contribution in [2.24, 2.45) is 0 Å². The van der Waals surface area contributed by atoms with Crippen LogP contribution in [0.15, 0.2) is 0 Å². The van der Waals surface area contributed by atoms with Gasteiger partial charge in [-0.2, -0.15) is 0 Å². The molecular formula is HFK2O2. The van der Waals surface area contributed by atoms with E-state index in [0.29, 0.717) is 0 Å². The molecule has 0 aliphatic carbocycles. The van der Waals surface area contributed by atoms with Crippen LogP contribution in [0.25, 0.3) is 0 Å². The molecule has 0 aromatic rings. The molecule has 0 heterocycles. The van der Waals surface area contributed by atoms with Gasteiger partial charge in [-0.25, -0.2) is 0 Å². The van der Waals surface area contributed by atoms with Crippen LogP contribution in [0.1, 0.15) is 0 Å². The molecule has 2 nitrogen and oxygen atoms in total. The topological polar surface area (TPSA) is 43.3 Å². The molecule has 5 heavy (non-hydrogen) atoms. The second-order valence-corrected chi connectivity index (χ2v) is 0. The Bertz CT molecular complexity index is 7.61. The molecule has 0 bridgehead atoms. The fourth-order valence-electron chi connectivity index (χ4n) is 0. The van der Waals surface area contributed by atoms with E-state index in [2.05, 4.69) is 0 Å². The zero-order chi connectivity index (χ0) is 2.00. The van der Waals surface area contributed by atoms with Gasteiger partial charge in [0.1, 0.15) is 0 Å². The normalized spacial score (nSPS) is 1.20. The number of hydrogen-bond donors (Lipinski definition) is 1.